The molecule has 1 rings (SSSR count). The van der Waals surface area contributed by atoms with Crippen molar-refractivity contribution in [1.29, 1.82) is 0 Å². The van der Waals surface area contributed by atoms with E-state index in [0.717, 1.165) is 0 Å². The molecule has 0 aromatic heterocycles. The van der Waals surface area contributed by atoms with Crippen molar-refractivity contribution in [2.75, 3.05) is 0 Å². The lowest BCUT2D eigenvalue weighted by Gasteiger charge is -1.94. The Hall–Kier alpha value is -0.390. The van der Waals surface area contributed by atoms with Gasteiger partial charge in [0, 0.05) is 6.54 Å². The van der Waals surface area contributed by atoms with Gasteiger partial charge in [0.05, 0.1) is 0 Å². The highest BCUT2D eigenvalue weighted by Gasteiger charge is 1.85. The standard InChI is InChI=1S/C7H10NP/c8-5-6-1-3-7(9)4-2-6/h1-4H,5,8-9H2. The molecule has 0 fully saturated rings. The summed E-state index contributed by atoms with van der Waals surface area (Å²) in [5.74, 6) is 0. The first-order chi connectivity index (χ1) is 4.33. The number of hydrogen-bond acceptors (Lipinski definition) is 1. The Kier molecular flexibility index (Phi) is 2.21. The highest BCUT2D eigenvalue weighted by Crippen LogP contribution is 1.96. The van der Waals surface area contributed by atoms with E-state index in [1.165, 1.54) is 10.9 Å². The van der Waals surface area contributed by atoms with Crippen LogP contribution in [0.15, 0.2) is 24.3 Å². The fraction of sp³-hybridized carbons (Fsp3) is 0.143. The van der Waals surface area contributed by atoms with Gasteiger partial charge < -0.3 is 5.73 Å². The maximum atomic E-state index is 5.39. The topological polar surface area (TPSA) is 26.0 Å². The molecule has 2 heteroatoms. The lowest BCUT2D eigenvalue weighted by Crippen LogP contribution is -1.97. The van der Waals surface area contributed by atoms with E-state index in [2.05, 4.69) is 9.24 Å². The van der Waals surface area contributed by atoms with E-state index in [1.807, 2.05) is 24.3 Å². The van der Waals surface area contributed by atoms with Gasteiger partial charge in [0.15, 0.2) is 0 Å². The molecule has 0 radical (unpaired) electrons. The smallest absolute Gasteiger partial charge is 0.0178 e. The van der Waals surface area contributed by atoms with Gasteiger partial charge in [0.2, 0.25) is 0 Å². The zero-order valence-electron chi connectivity index (χ0n) is 5.17. The first-order valence-electron chi connectivity index (χ1n) is 2.87. The Morgan fingerprint density at radius 3 is 2.22 bits per heavy atom. The Morgan fingerprint density at radius 2 is 1.78 bits per heavy atom. The summed E-state index contributed by atoms with van der Waals surface area (Å²) in [7, 11) is 2.63. The minimum Gasteiger partial charge on any atom is -0.326 e. The largest absolute Gasteiger partial charge is 0.326 e. The molecule has 0 spiro atoms. The van der Waals surface area contributed by atoms with Gasteiger partial charge in [-0.05, 0) is 10.9 Å². The van der Waals surface area contributed by atoms with Crippen molar-refractivity contribution in [1.82, 2.24) is 0 Å². The van der Waals surface area contributed by atoms with Crippen LogP contribution in [-0.4, -0.2) is 0 Å². The quantitative estimate of drug-likeness (QED) is 0.568. The van der Waals surface area contributed by atoms with Crippen molar-refractivity contribution < 1.29 is 0 Å². The minimum atomic E-state index is 0.630. The van der Waals surface area contributed by atoms with Crippen LogP contribution in [0.1, 0.15) is 5.56 Å². The van der Waals surface area contributed by atoms with E-state index in [0.29, 0.717) is 6.54 Å². The van der Waals surface area contributed by atoms with Crippen molar-refractivity contribution in [3.63, 3.8) is 0 Å². The lowest BCUT2D eigenvalue weighted by molar-refractivity contribution is 1.07. The summed E-state index contributed by atoms with van der Waals surface area (Å²) in [6.45, 7) is 0.630. The van der Waals surface area contributed by atoms with Gasteiger partial charge in [0.25, 0.3) is 0 Å². The summed E-state index contributed by atoms with van der Waals surface area (Å²) in [4.78, 5) is 0. The molecule has 0 aliphatic carbocycles. The first-order valence-corrected chi connectivity index (χ1v) is 3.45. The molecular formula is C7H10NP. The van der Waals surface area contributed by atoms with Crippen LogP contribution in [0.25, 0.3) is 0 Å². The second kappa shape index (κ2) is 2.95. The maximum absolute atomic E-state index is 5.39. The highest BCUT2D eigenvalue weighted by molar-refractivity contribution is 7.27. The molecule has 0 heterocycles. The third-order valence-electron chi connectivity index (χ3n) is 1.22. The molecule has 0 aliphatic heterocycles. The van der Waals surface area contributed by atoms with E-state index in [-0.39, 0.29) is 0 Å². The number of benzene rings is 1. The fourth-order valence-corrected chi connectivity index (χ4v) is 0.846. The van der Waals surface area contributed by atoms with Gasteiger partial charge in [-0.2, -0.15) is 0 Å². The molecule has 0 saturated carbocycles. The Labute approximate surface area is 57.5 Å². The zero-order chi connectivity index (χ0) is 6.69. The Morgan fingerprint density at radius 1 is 1.22 bits per heavy atom. The van der Waals surface area contributed by atoms with Crippen molar-refractivity contribution in [3.8, 4) is 0 Å². The average molecular weight is 139 g/mol. The normalized spacial score (nSPS) is 9.56. The molecule has 1 aromatic rings. The SMILES string of the molecule is NCc1ccc(P)cc1. The van der Waals surface area contributed by atoms with Crippen LogP contribution in [0.5, 0.6) is 0 Å². The van der Waals surface area contributed by atoms with E-state index in [9.17, 15) is 0 Å². The van der Waals surface area contributed by atoms with Crippen LogP contribution in [0.4, 0.5) is 0 Å². The van der Waals surface area contributed by atoms with E-state index >= 15 is 0 Å². The number of nitrogens with two attached hydrogens (primary N) is 1. The average Bonchev–Trinajstić information content (AvgIpc) is 1.90. The summed E-state index contributed by atoms with van der Waals surface area (Å²) in [6, 6.07) is 8.13. The molecule has 2 N–H and O–H groups in total. The van der Waals surface area contributed by atoms with Crippen molar-refractivity contribution >= 4 is 14.5 Å². The second-order valence-corrected chi connectivity index (χ2v) is 2.61. The summed E-state index contributed by atoms with van der Waals surface area (Å²) < 4.78 is 0. The first kappa shape index (κ1) is 6.73. The zero-order valence-corrected chi connectivity index (χ0v) is 6.33. The predicted molar refractivity (Wildman–Crippen MR) is 43.7 cm³/mol. The lowest BCUT2D eigenvalue weighted by atomic mass is 10.2. The molecule has 0 amide bonds. The van der Waals surface area contributed by atoms with Crippen LogP contribution >= 0.6 is 9.24 Å². The monoisotopic (exact) mass is 139 g/mol. The predicted octanol–water partition coefficient (Wildman–Crippen LogP) is 0.646. The van der Waals surface area contributed by atoms with Crippen LogP contribution < -0.4 is 11.0 Å². The van der Waals surface area contributed by atoms with Gasteiger partial charge >= 0.3 is 0 Å². The summed E-state index contributed by atoms with van der Waals surface area (Å²) in [6.07, 6.45) is 0. The van der Waals surface area contributed by atoms with Crippen LogP contribution in [0.2, 0.25) is 0 Å². The second-order valence-electron chi connectivity index (χ2n) is 1.95. The van der Waals surface area contributed by atoms with Crippen molar-refractivity contribution in [3.05, 3.63) is 29.8 Å². The van der Waals surface area contributed by atoms with E-state index < -0.39 is 0 Å². The van der Waals surface area contributed by atoms with E-state index in [1.54, 1.807) is 0 Å². The highest BCUT2D eigenvalue weighted by atomic mass is 31.0. The maximum Gasteiger partial charge on any atom is 0.0178 e. The molecule has 1 nitrogen and oxygen atoms in total. The van der Waals surface area contributed by atoms with Gasteiger partial charge in [-0.3, -0.25) is 0 Å². The Bertz CT molecular complexity index is 181. The van der Waals surface area contributed by atoms with E-state index in [4.69, 9.17) is 5.73 Å². The number of hydrogen-bond donors (Lipinski definition) is 1. The van der Waals surface area contributed by atoms with Gasteiger partial charge in [0.1, 0.15) is 0 Å². The van der Waals surface area contributed by atoms with Gasteiger partial charge in [-0.1, -0.05) is 24.3 Å². The molecule has 1 aromatic carbocycles. The summed E-state index contributed by atoms with van der Waals surface area (Å²) in [5, 5.41) is 1.20. The van der Waals surface area contributed by atoms with Crippen LogP contribution in [0.3, 0.4) is 0 Å². The minimum absolute atomic E-state index is 0.630. The molecule has 0 saturated heterocycles. The van der Waals surface area contributed by atoms with Crippen LogP contribution in [-0.2, 0) is 6.54 Å². The van der Waals surface area contributed by atoms with Crippen molar-refractivity contribution in [2.45, 2.75) is 6.54 Å². The summed E-state index contributed by atoms with van der Waals surface area (Å²) >= 11 is 0. The summed E-state index contributed by atoms with van der Waals surface area (Å²) in [5.41, 5.74) is 6.57. The number of rotatable bonds is 1. The molecule has 9 heavy (non-hydrogen) atoms. The molecule has 48 valence electrons. The van der Waals surface area contributed by atoms with Crippen LogP contribution in [0, 0.1) is 0 Å². The third kappa shape index (κ3) is 1.78. The van der Waals surface area contributed by atoms with Gasteiger partial charge in [-0.25, -0.2) is 0 Å². The molecule has 1 atom stereocenters. The third-order valence-corrected chi connectivity index (χ3v) is 1.60. The van der Waals surface area contributed by atoms with Crippen molar-refractivity contribution in [2.24, 2.45) is 5.73 Å². The molecule has 0 bridgehead atoms. The fourth-order valence-electron chi connectivity index (χ4n) is 0.654. The van der Waals surface area contributed by atoms with Gasteiger partial charge in [-0.15, -0.1) is 9.24 Å². The molecule has 0 aliphatic rings. The molecule has 1 unspecified atom stereocenters. The molecular weight excluding hydrogens is 129 g/mol. The Balaban J connectivity index is 2.88.